The van der Waals surface area contributed by atoms with E-state index in [0.29, 0.717) is 13.1 Å². The van der Waals surface area contributed by atoms with Crippen LogP contribution in [0.15, 0.2) is 18.2 Å². The molecule has 0 saturated carbocycles. The van der Waals surface area contributed by atoms with Crippen molar-refractivity contribution in [1.82, 2.24) is 10.2 Å². The number of nitrogens with zero attached hydrogens (tertiary/aromatic N) is 2. The number of aryl methyl sites for hydroxylation is 1. The van der Waals surface area contributed by atoms with Crippen molar-refractivity contribution >= 4 is 17.7 Å². The van der Waals surface area contributed by atoms with Gasteiger partial charge in [0.15, 0.2) is 0 Å². The molecule has 1 atom stereocenters. The second-order valence-corrected chi connectivity index (χ2v) is 6.35. The molecular formula is C17H23N3O3. The van der Waals surface area contributed by atoms with E-state index in [1.807, 2.05) is 6.07 Å². The maximum absolute atomic E-state index is 12.1. The topological polar surface area (TPSA) is 61.9 Å². The number of fused-ring (bicyclic) bond motifs is 1. The Hall–Kier alpha value is -2.08. The first-order valence-electron chi connectivity index (χ1n) is 8.06. The van der Waals surface area contributed by atoms with Gasteiger partial charge in [-0.3, -0.25) is 9.69 Å². The van der Waals surface area contributed by atoms with Crippen LogP contribution in [0.5, 0.6) is 0 Å². The van der Waals surface area contributed by atoms with Gasteiger partial charge < -0.3 is 15.0 Å². The average molecular weight is 317 g/mol. The van der Waals surface area contributed by atoms with Crippen LogP contribution in [0.1, 0.15) is 24.5 Å². The van der Waals surface area contributed by atoms with E-state index in [1.54, 1.807) is 4.90 Å². The first-order valence-corrected chi connectivity index (χ1v) is 8.06. The Kier molecular flexibility index (Phi) is 4.52. The minimum atomic E-state index is -0.342. The monoisotopic (exact) mass is 317 g/mol. The van der Waals surface area contributed by atoms with Crippen LogP contribution in [0.2, 0.25) is 0 Å². The third kappa shape index (κ3) is 3.64. The number of nitrogens with one attached hydrogen (secondary N) is 1. The van der Waals surface area contributed by atoms with Crippen molar-refractivity contribution in [1.29, 1.82) is 0 Å². The Morgan fingerprint density at radius 2 is 2.22 bits per heavy atom. The highest BCUT2D eigenvalue weighted by Crippen LogP contribution is 2.27. The van der Waals surface area contributed by atoms with Gasteiger partial charge in [-0.25, -0.2) is 4.79 Å². The van der Waals surface area contributed by atoms with Crippen molar-refractivity contribution in [2.75, 3.05) is 31.6 Å². The lowest BCUT2D eigenvalue weighted by Crippen LogP contribution is -2.33. The SMILES string of the molecule is CC(=O)NCC1CN(c2ccc3c(c2)CCCN(C)C3)C(=O)O1. The molecule has 3 rings (SSSR count). The summed E-state index contributed by atoms with van der Waals surface area (Å²) in [6.45, 7) is 4.32. The summed E-state index contributed by atoms with van der Waals surface area (Å²) in [5.41, 5.74) is 3.52. The quantitative estimate of drug-likeness (QED) is 0.918. The van der Waals surface area contributed by atoms with E-state index in [0.717, 1.165) is 31.6 Å². The summed E-state index contributed by atoms with van der Waals surface area (Å²) in [6, 6.07) is 6.21. The lowest BCUT2D eigenvalue weighted by Gasteiger charge is -2.17. The fourth-order valence-corrected chi connectivity index (χ4v) is 3.17. The summed E-state index contributed by atoms with van der Waals surface area (Å²) in [5.74, 6) is -0.117. The number of rotatable bonds is 3. The van der Waals surface area contributed by atoms with E-state index >= 15 is 0 Å². The number of amides is 2. The van der Waals surface area contributed by atoms with Crippen LogP contribution < -0.4 is 10.2 Å². The van der Waals surface area contributed by atoms with Crippen LogP contribution in [0.25, 0.3) is 0 Å². The van der Waals surface area contributed by atoms with Crippen LogP contribution in [0.3, 0.4) is 0 Å². The van der Waals surface area contributed by atoms with Crippen molar-refractivity contribution in [2.45, 2.75) is 32.4 Å². The molecule has 23 heavy (non-hydrogen) atoms. The smallest absolute Gasteiger partial charge is 0.414 e. The van der Waals surface area contributed by atoms with Gasteiger partial charge >= 0.3 is 6.09 Å². The zero-order valence-electron chi connectivity index (χ0n) is 13.7. The van der Waals surface area contributed by atoms with Gasteiger partial charge in [0.25, 0.3) is 0 Å². The second-order valence-electron chi connectivity index (χ2n) is 6.35. The Labute approximate surface area is 136 Å². The maximum atomic E-state index is 12.1. The first kappa shape index (κ1) is 15.8. The largest absolute Gasteiger partial charge is 0.442 e. The van der Waals surface area contributed by atoms with Crippen LogP contribution in [0.4, 0.5) is 10.5 Å². The molecule has 0 aromatic heterocycles. The molecule has 124 valence electrons. The maximum Gasteiger partial charge on any atom is 0.414 e. The zero-order valence-corrected chi connectivity index (χ0v) is 13.7. The standard InChI is InChI=1S/C17H23N3O3/c1-12(21)18-9-16-11-20(17(22)23-16)15-6-5-14-10-19(2)7-3-4-13(14)8-15/h5-6,8,16H,3-4,7,9-11H2,1-2H3,(H,18,21). The predicted molar refractivity (Wildman–Crippen MR) is 87.4 cm³/mol. The predicted octanol–water partition coefficient (Wildman–Crippen LogP) is 1.53. The van der Waals surface area contributed by atoms with E-state index < -0.39 is 0 Å². The van der Waals surface area contributed by atoms with E-state index in [1.165, 1.54) is 18.1 Å². The molecule has 2 amide bonds. The van der Waals surface area contributed by atoms with Gasteiger partial charge in [-0.15, -0.1) is 0 Å². The molecule has 1 N–H and O–H groups in total. The van der Waals surface area contributed by atoms with Crippen LogP contribution in [0, 0.1) is 0 Å². The van der Waals surface area contributed by atoms with E-state index in [-0.39, 0.29) is 18.1 Å². The van der Waals surface area contributed by atoms with Crippen molar-refractivity contribution in [3.63, 3.8) is 0 Å². The first-order chi connectivity index (χ1) is 11.0. The number of ether oxygens (including phenoxy) is 1. The second kappa shape index (κ2) is 6.58. The number of hydrogen-bond donors (Lipinski definition) is 1. The third-order valence-corrected chi connectivity index (χ3v) is 4.38. The van der Waals surface area contributed by atoms with Gasteiger partial charge in [0.2, 0.25) is 5.91 Å². The van der Waals surface area contributed by atoms with Gasteiger partial charge in [-0.2, -0.15) is 0 Å². The van der Waals surface area contributed by atoms with E-state index in [4.69, 9.17) is 4.74 Å². The highest BCUT2D eigenvalue weighted by molar-refractivity contribution is 5.90. The zero-order chi connectivity index (χ0) is 16.4. The molecule has 1 aromatic carbocycles. The lowest BCUT2D eigenvalue weighted by atomic mass is 10.0. The number of cyclic esters (lactones) is 1. The molecule has 0 bridgehead atoms. The molecule has 1 aromatic rings. The van der Waals surface area contributed by atoms with Crippen molar-refractivity contribution in [3.05, 3.63) is 29.3 Å². The molecule has 6 heteroatoms. The van der Waals surface area contributed by atoms with Crippen LogP contribution in [-0.4, -0.2) is 49.7 Å². The van der Waals surface area contributed by atoms with Crippen molar-refractivity contribution in [2.24, 2.45) is 0 Å². The summed E-state index contributed by atoms with van der Waals surface area (Å²) >= 11 is 0. The Morgan fingerprint density at radius 1 is 1.39 bits per heavy atom. The van der Waals surface area contributed by atoms with Crippen LogP contribution >= 0.6 is 0 Å². The van der Waals surface area contributed by atoms with Crippen molar-refractivity contribution < 1.29 is 14.3 Å². The van der Waals surface area contributed by atoms with Gasteiger partial charge in [-0.1, -0.05) is 6.07 Å². The average Bonchev–Trinajstić information content (AvgIpc) is 2.77. The molecule has 1 saturated heterocycles. The molecule has 6 nitrogen and oxygen atoms in total. The Balaban J connectivity index is 1.73. The minimum absolute atomic E-state index is 0.117. The fourth-order valence-electron chi connectivity index (χ4n) is 3.17. The molecule has 1 unspecified atom stereocenters. The third-order valence-electron chi connectivity index (χ3n) is 4.38. The number of benzene rings is 1. The molecule has 2 aliphatic heterocycles. The van der Waals surface area contributed by atoms with Gasteiger partial charge in [-0.05, 0) is 49.7 Å². The van der Waals surface area contributed by atoms with E-state index in [2.05, 4.69) is 29.4 Å². The Morgan fingerprint density at radius 3 is 3.00 bits per heavy atom. The number of anilines is 1. The summed E-state index contributed by atoms with van der Waals surface area (Å²) < 4.78 is 5.33. The highest BCUT2D eigenvalue weighted by Gasteiger charge is 2.32. The molecular weight excluding hydrogens is 294 g/mol. The minimum Gasteiger partial charge on any atom is -0.442 e. The normalized spacial score (nSPS) is 21.6. The lowest BCUT2D eigenvalue weighted by molar-refractivity contribution is -0.119. The molecule has 0 radical (unpaired) electrons. The Bertz CT molecular complexity index is 617. The molecule has 0 aliphatic carbocycles. The molecule has 0 spiro atoms. The number of hydrogen-bond acceptors (Lipinski definition) is 4. The number of carbonyl (C=O) groups excluding carboxylic acids is 2. The number of carbonyl (C=O) groups is 2. The molecule has 2 aliphatic rings. The fraction of sp³-hybridized carbons (Fsp3) is 0.529. The van der Waals surface area contributed by atoms with Crippen molar-refractivity contribution in [3.8, 4) is 0 Å². The van der Waals surface area contributed by atoms with Gasteiger partial charge in [0, 0.05) is 19.2 Å². The van der Waals surface area contributed by atoms with Crippen LogP contribution in [-0.2, 0) is 22.5 Å². The van der Waals surface area contributed by atoms with Gasteiger partial charge in [0.05, 0.1) is 13.1 Å². The summed E-state index contributed by atoms with van der Waals surface area (Å²) in [5, 5.41) is 2.69. The molecule has 1 fully saturated rings. The highest BCUT2D eigenvalue weighted by atomic mass is 16.6. The summed E-state index contributed by atoms with van der Waals surface area (Å²) in [4.78, 5) is 27.1. The van der Waals surface area contributed by atoms with E-state index in [9.17, 15) is 9.59 Å². The summed E-state index contributed by atoms with van der Waals surface area (Å²) in [6.07, 6.45) is 1.52. The molecule has 2 heterocycles. The van der Waals surface area contributed by atoms with Gasteiger partial charge in [0.1, 0.15) is 6.10 Å². The summed E-state index contributed by atoms with van der Waals surface area (Å²) in [7, 11) is 2.13.